The number of hydrogen-bond acceptors (Lipinski definition) is 3. The Morgan fingerprint density at radius 3 is 2.52 bits per heavy atom. The van der Waals surface area contributed by atoms with Gasteiger partial charge >= 0.3 is 0 Å². The molecule has 1 unspecified atom stereocenters. The van der Waals surface area contributed by atoms with E-state index in [-0.39, 0.29) is 11.7 Å². The summed E-state index contributed by atoms with van der Waals surface area (Å²) in [6.45, 7) is 0.487. The van der Waals surface area contributed by atoms with Gasteiger partial charge < -0.3 is 15.6 Å². The van der Waals surface area contributed by atoms with Gasteiger partial charge in [-0.15, -0.1) is 0 Å². The topological polar surface area (TPSA) is 55.5 Å². The van der Waals surface area contributed by atoms with Crippen molar-refractivity contribution in [1.29, 1.82) is 0 Å². The Morgan fingerprint density at radius 1 is 1.14 bits per heavy atom. The lowest BCUT2D eigenvalue weighted by Crippen LogP contribution is -2.15. The minimum Gasteiger partial charge on any atom is -0.504 e. The molecule has 0 aromatic heterocycles. The van der Waals surface area contributed by atoms with E-state index < -0.39 is 0 Å². The third-order valence-electron chi connectivity index (χ3n) is 3.43. The van der Waals surface area contributed by atoms with Crippen LogP contribution < -0.4 is 10.5 Å². The third-order valence-corrected chi connectivity index (χ3v) is 4.16. The minimum atomic E-state index is 0.119. The number of benzene rings is 2. The largest absolute Gasteiger partial charge is 0.504 e. The van der Waals surface area contributed by atoms with Gasteiger partial charge in [-0.05, 0) is 48.4 Å². The van der Waals surface area contributed by atoms with Crippen molar-refractivity contribution < 1.29 is 9.84 Å². The van der Waals surface area contributed by atoms with E-state index in [2.05, 4.69) is 0 Å². The van der Waals surface area contributed by atoms with E-state index in [1.165, 1.54) is 7.11 Å². The van der Waals surface area contributed by atoms with Crippen LogP contribution in [0.3, 0.4) is 0 Å². The van der Waals surface area contributed by atoms with Crippen LogP contribution in [-0.2, 0) is 6.42 Å². The average Bonchev–Trinajstić information content (AvgIpc) is 2.49. The third kappa shape index (κ3) is 3.82. The van der Waals surface area contributed by atoms with Gasteiger partial charge in [0.1, 0.15) is 0 Å². The molecule has 0 aliphatic rings. The molecule has 0 saturated heterocycles. The quantitative estimate of drug-likeness (QED) is 0.873. The number of rotatable bonds is 5. The molecule has 0 aliphatic carbocycles. The molecule has 0 aliphatic heterocycles. The first-order valence-electron chi connectivity index (χ1n) is 6.56. The van der Waals surface area contributed by atoms with Crippen molar-refractivity contribution in [2.45, 2.75) is 12.3 Å². The van der Waals surface area contributed by atoms with Gasteiger partial charge in [-0.3, -0.25) is 0 Å². The van der Waals surface area contributed by atoms with E-state index in [1.54, 1.807) is 12.1 Å². The SMILES string of the molecule is COc1cc(CC(CN)c2ccc(Cl)c(Cl)c2)ccc1O. The summed E-state index contributed by atoms with van der Waals surface area (Å²) in [5.74, 6) is 0.700. The predicted octanol–water partition coefficient (Wildman–Crippen LogP) is 3.99. The summed E-state index contributed by atoms with van der Waals surface area (Å²) in [6, 6.07) is 10.9. The Kier molecular flexibility index (Phi) is 5.34. The Balaban J connectivity index is 2.24. The Bertz CT molecular complexity index is 632. The van der Waals surface area contributed by atoms with Crippen LogP contribution in [0.1, 0.15) is 17.0 Å². The van der Waals surface area contributed by atoms with Crippen LogP contribution in [-0.4, -0.2) is 18.8 Å². The zero-order valence-electron chi connectivity index (χ0n) is 11.6. The Labute approximate surface area is 134 Å². The second kappa shape index (κ2) is 7.03. The number of phenolic OH excluding ortho intramolecular Hbond substituents is 1. The van der Waals surface area contributed by atoms with Crippen LogP contribution in [0.25, 0.3) is 0 Å². The molecule has 112 valence electrons. The monoisotopic (exact) mass is 325 g/mol. The normalized spacial score (nSPS) is 12.2. The second-order valence-electron chi connectivity index (χ2n) is 4.82. The highest BCUT2D eigenvalue weighted by molar-refractivity contribution is 6.42. The summed E-state index contributed by atoms with van der Waals surface area (Å²) in [4.78, 5) is 0. The van der Waals surface area contributed by atoms with Crippen LogP contribution >= 0.6 is 23.2 Å². The van der Waals surface area contributed by atoms with E-state index in [1.807, 2.05) is 24.3 Å². The summed E-state index contributed by atoms with van der Waals surface area (Å²) < 4.78 is 5.12. The van der Waals surface area contributed by atoms with Crippen molar-refractivity contribution in [2.24, 2.45) is 5.73 Å². The molecule has 3 N–H and O–H groups in total. The molecule has 0 fully saturated rings. The molecule has 2 aromatic rings. The lowest BCUT2D eigenvalue weighted by molar-refractivity contribution is 0.373. The second-order valence-corrected chi connectivity index (χ2v) is 5.63. The van der Waals surface area contributed by atoms with E-state index in [0.717, 1.165) is 17.5 Å². The zero-order valence-corrected chi connectivity index (χ0v) is 13.2. The molecule has 0 bridgehead atoms. The maximum atomic E-state index is 9.63. The molecular weight excluding hydrogens is 309 g/mol. The molecule has 0 amide bonds. The van der Waals surface area contributed by atoms with Crippen molar-refractivity contribution in [3.63, 3.8) is 0 Å². The average molecular weight is 326 g/mol. The number of nitrogens with two attached hydrogens (primary N) is 1. The fourth-order valence-corrected chi connectivity index (χ4v) is 2.54. The number of aromatic hydroxyl groups is 1. The van der Waals surface area contributed by atoms with Gasteiger partial charge in [0.2, 0.25) is 0 Å². The standard InChI is InChI=1S/C16H17Cl2NO2/c1-21-16-7-10(2-5-15(16)20)6-12(9-19)11-3-4-13(17)14(18)8-11/h2-5,7-8,12,20H,6,9,19H2,1H3. The van der Waals surface area contributed by atoms with Gasteiger partial charge in [-0.1, -0.05) is 35.3 Å². The lowest BCUT2D eigenvalue weighted by atomic mass is 9.92. The summed E-state index contributed by atoms with van der Waals surface area (Å²) in [7, 11) is 1.53. The molecule has 2 aromatic carbocycles. The smallest absolute Gasteiger partial charge is 0.160 e. The first kappa shape index (κ1) is 16.0. The van der Waals surface area contributed by atoms with Gasteiger partial charge in [-0.2, -0.15) is 0 Å². The van der Waals surface area contributed by atoms with E-state index in [9.17, 15) is 5.11 Å². The van der Waals surface area contributed by atoms with Crippen molar-refractivity contribution in [3.8, 4) is 11.5 Å². The van der Waals surface area contributed by atoms with Gasteiger partial charge in [0.05, 0.1) is 17.2 Å². The van der Waals surface area contributed by atoms with E-state index in [0.29, 0.717) is 22.3 Å². The molecule has 2 rings (SSSR count). The predicted molar refractivity (Wildman–Crippen MR) is 86.6 cm³/mol. The summed E-state index contributed by atoms with van der Waals surface area (Å²) in [5.41, 5.74) is 7.96. The number of ether oxygens (including phenoxy) is 1. The Hall–Kier alpha value is -1.42. The highest BCUT2D eigenvalue weighted by Crippen LogP contribution is 2.31. The first-order chi connectivity index (χ1) is 10.0. The van der Waals surface area contributed by atoms with Gasteiger partial charge in [0, 0.05) is 5.92 Å². The number of methoxy groups -OCH3 is 1. The molecule has 0 saturated carbocycles. The van der Waals surface area contributed by atoms with Gasteiger partial charge in [0.15, 0.2) is 11.5 Å². The van der Waals surface area contributed by atoms with Crippen molar-refractivity contribution in [3.05, 3.63) is 57.6 Å². The number of halogens is 2. The fourth-order valence-electron chi connectivity index (χ4n) is 2.24. The van der Waals surface area contributed by atoms with Crippen LogP contribution in [0, 0.1) is 0 Å². The molecule has 5 heteroatoms. The van der Waals surface area contributed by atoms with Crippen molar-refractivity contribution in [1.82, 2.24) is 0 Å². The summed E-state index contributed by atoms with van der Waals surface area (Å²) in [5, 5.41) is 10.7. The van der Waals surface area contributed by atoms with Gasteiger partial charge in [0.25, 0.3) is 0 Å². The molecule has 0 heterocycles. The fraction of sp³-hybridized carbons (Fsp3) is 0.250. The number of hydrogen-bond donors (Lipinski definition) is 2. The molecular formula is C16H17Cl2NO2. The van der Waals surface area contributed by atoms with E-state index >= 15 is 0 Å². The van der Waals surface area contributed by atoms with Crippen LogP contribution in [0.2, 0.25) is 10.0 Å². The highest BCUT2D eigenvalue weighted by Gasteiger charge is 2.13. The van der Waals surface area contributed by atoms with E-state index in [4.69, 9.17) is 33.7 Å². The molecule has 3 nitrogen and oxygen atoms in total. The van der Waals surface area contributed by atoms with Crippen molar-refractivity contribution in [2.75, 3.05) is 13.7 Å². The molecule has 0 spiro atoms. The van der Waals surface area contributed by atoms with Crippen molar-refractivity contribution >= 4 is 23.2 Å². The Morgan fingerprint density at radius 2 is 1.90 bits per heavy atom. The lowest BCUT2D eigenvalue weighted by Gasteiger charge is -2.17. The molecule has 21 heavy (non-hydrogen) atoms. The van der Waals surface area contributed by atoms with Crippen LogP contribution in [0.4, 0.5) is 0 Å². The highest BCUT2D eigenvalue weighted by atomic mass is 35.5. The number of phenols is 1. The van der Waals surface area contributed by atoms with Crippen LogP contribution in [0.15, 0.2) is 36.4 Å². The maximum Gasteiger partial charge on any atom is 0.160 e. The minimum absolute atomic E-state index is 0.119. The van der Waals surface area contributed by atoms with Gasteiger partial charge in [-0.25, -0.2) is 0 Å². The maximum absolute atomic E-state index is 9.63. The zero-order chi connectivity index (χ0) is 15.4. The first-order valence-corrected chi connectivity index (χ1v) is 7.31. The molecule has 0 radical (unpaired) electrons. The van der Waals surface area contributed by atoms with Crippen LogP contribution in [0.5, 0.6) is 11.5 Å². The summed E-state index contributed by atoms with van der Waals surface area (Å²) >= 11 is 12.0. The molecule has 1 atom stereocenters. The summed E-state index contributed by atoms with van der Waals surface area (Å²) in [6.07, 6.45) is 0.727.